The molecule has 1 fully saturated rings. The Labute approximate surface area is 266 Å². The minimum absolute atomic E-state index is 0.0379. The van der Waals surface area contributed by atoms with Gasteiger partial charge in [-0.2, -0.15) is 0 Å². The zero-order valence-electron chi connectivity index (χ0n) is 25.3. The number of hydrogen-bond acceptors (Lipinski definition) is 8. The number of nitrogens with one attached hydrogen (secondary N) is 3. The highest BCUT2D eigenvalue weighted by atomic mass is 127. The first-order valence-electron chi connectivity index (χ1n) is 15.0. The molecule has 0 bridgehead atoms. The SMILES string of the molecule is CC(=O)N1CCC(NC2CCOCC2)=C(C(N)(I)N2CCCC3=C2C=C(C(F)F)C(C)(C(C)(C=N)CNCC(=O)O)C3)C1. The number of nitrogens with two attached hydrogens (primary N) is 1. The third-order valence-corrected chi connectivity index (χ3v) is 11.0. The second-order valence-corrected chi connectivity index (χ2v) is 14.2. The van der Waals surface area contributed by atoms with Gasteiger partial charge in [0, 0.05) is 98.4 Å². The summed E-state index contributed by atoms with van der Waals surface area (Å²) >= 11 is 2.22. The van der Waals surface area contributed by atoms with Crippen LogP contribution in [0.3, 0.4) is 0 Å². The van der Waals surface area contributed by atoms with Crippen LogP contribution < -0.4 is 16.4 Å². The molecule has 13 heteroatoms. The molecule has 4 rings (SSSR count). The van der Waals surface area contributed by atoms with E-state index in [1.807, 2.05) is 4.90 Å². The van der Waals surface area contributed by atoms with Crippen molar-refractivity contribution in [2.24, 2.45) is 16.6 Å². The van der Waals surface area contributed by atoms with Crippen LogP contribution in [0.25, 0.3) is 0 Å². The molecular weight excluding hydrogens is 673 g/mol. The maximum absolute atomic E-state index is 14.9. The number of aliphatic carboxylic acids is 1. The van der Waals surface area contributed by atoms with E-state index >= 15 is 0 Å². The summed E-state index contributed by atoms with van der Waals surface area (Å²) in [5.74, 6) is -1.09. The number of hydrogen-bond donors (Lipinski definition) is 5. The summed E-state index contributed by atoms with van der Waals surface area (Å²) in [5, 5.41) is 23.9. The first-order valence-corrected chi connectivity index (χ1v) is 16.1. The highest BCUT2D eigenvalue weighted by Crippen LogP contribution is 2.55. The average Bonchev–Trinajstić information content (AvgIpc) is 2.96. The monoisotopic (exact) mass is 718 g/mol. The molecule has 3 atom stereocenters. The minimum Gasteiger partial charge on any atom is -0.480 e. The lowest BCUT2D eigenvalue weighted by atomic mass is 9.57. The lowest BCUT2D eigenvalue weighted by Crippen LogP contribution is -2.58. The molecule has 0 aromatic carbocycles. The molecule has 240 valence electrons. The lowest BCUT2D eigenvalue weighted by Gasteiger charge is -2.52. The number of carbonyl (C=O) groups excluding carboxylic acids is 1. The molecule has 1 amide bonds. The predicted octanol–water partition coefficient (Wildman–Crippen LogP) is 3.59. The van der Waals surface area contributed by atoms with E-state index in [1.54, 1.807) is 31.7 Å². The van der Waals surface area contributed by atoms with Crippen LogP contribution in [0.5, 0.6) is 0 Å². The first kappa shape index (κ1) is 33.8. The van der Waals surface area contributed by atoms with Gasteiger partial charge >= 0.3 is 5.97 Å². The summed E-state index contributed by atoms with van der Waals surface area (Å²) in [6.07, 6.45) is 4.12. The molecule has 0 saturated carbocycles. The Morgan fingerprint density at radius 2 is 2.02 bits per heavy atom. The number of carboxylic acid groups (broad SMARTS) is 1. The van der Waals surface area contributed by atoms with Gasteiger partial charge in [-0.3, -0.25) is 15.3 Å². The zero-order chi connectivity index (χ0) is 31.6. The Hall–Kier alpha value is -2.10. The number of carbonyl (C=O) groups is 2. The number of amides is 1. The van der Waals surface area contributed by atoms with Crippen LogP contribution in [0.15, 0.2) is 34.2 Å². The summed E-state index contributed by atoms with van der Waals surface area (Å²) in [7, 11) is 0. The number of carboxylic acids is 1. The third kappa shape index (κ3) is 6.94. The number of halogens is 3. The second kappa shape index (κ2) is 13.5. The van der Waals surface area contributed by atoms with Gasteiger partial charge in [0.2, 0.25) is 5.91 Å². The normalized spacial score (nSPS) is 26.5. The smallest absolute Gasteiger partial charge is 0.317 e. The quantitative estimate of drug-likeness (QED) is 0.0945. The molecule has 3 aliphatic heterocycles. The Morgan fingerprint density at radius 1 is 1.33 bits per heavy atom. The van der Waals surface area contributed by atoms with Crippen LogP contribution in [0.4, 0.5) is 8.78 Å². The van der Waals surface area contributed by atoms with Gasteiger partial charge in [0.1, 0.15) is 0 Å². The average molecular weight is 719 g/mol. The summed E-state index contributed by atoms with van der Waals surface area (Å²) in [6.45, 7) is 7.65. The fraction of sp³-hybridized carbons (Fsp3) is 0.700. The van der Waals surface area contributed by atoms with Crippen molar-refractivity contribution in [2.45, 2.75) is 75.4 Å². The topological polar surface area (TPSA) is 144 Å². The van der Waals surface area contributed by atoms with E-state index in [-0.39, 0.29) is 30.6 Å². The van der Waals surface area contributed by atoms with E-state index in [1.165, 1.54) is 6.21 Å². The molecule has 0 aromatic heterocycles. The highest BCUT2D eigenvalue weighted by molar-refractivity contribution is 14.1. The van der Waals surface area contributed by atoms with Gasteiger partial charge in [0.15, 0.2) is 3.67 Å². The van der Waals surface area contributed by atoms with Crippen molar-refractivity contribution >= 4 is 40.7 Å². The summed E-state index contributed by atoms with van der Waals surface area (Å²) < 4.78 is 34.3. The Bertz CT molecular complexity index is 1200. The van der Waals surface area contributed by atoms with Gasteiger partial charge < -0.3 is 35.7 Å². The van der Waals surface area contributed by atoms with Crippen LogP contribution >= 0.6 is 22.6 Å². The Kier molecular flexibility index (Phi) is 10.6. The molecule has 4 aliphatic rings. The van der Waals surface area contributed by atoms with Crippen LogP contribution in [-0.4, -0.2) is 95.1 Å². The maximum atomic E-state index is 14.9. The van der Waals surface area contributed by atoms with E-state index in [0.717, 1.165) is 36.1 Å². The summed E-state index contributed by atoms with van der Waals surface area (Å²) in [5.41, 5.74) is 8.51. The molecule has 1 saturated heterocycles. The fourth-order valence-electron chi connectivity index (χ4n) is 6.86. The van der Waals surface area contributed by atoms with Gasteiger partial charge in [-0.1, -0.05) is 13.8 Å². The van der Waals surface area contributed by atoms with Crippen molar-refractivity contribution in [1.82, 2.24) is 20.4 Å². The largest absolute Gasteiger partial charge is 0.480 e. The second-order valence-electron chi connectivity index (χ2n) is 12.6. The molecule has 3 unspecified atom stereocenters. The van der Waals surface area contributed by atoms with Crippen molar-refractivity contribution in [1.29, 1.82) is 5.41 Å². The van der Waals surface area contributed by atoms with Gasteiger partial charge in [-0.15, -0.1) is 0 Å². The molecule has 10 nitrogen and oxygen atoms in total. The van der Waals surface area contributed by atoms with E-state index in [0.29, 0.717) is 57.8 Å². The third-order valence-electron chi connectivity index (χ3n) is 9.80. The van der Waals surface area contributed by atoms with E-state index in [2.05, 4.69) is 33.2 Å². The first-order chi connectivity index (χ1) is 20.2. The van der Waals surface area contributed by atoms with Crippen molar-refractivity contribution in [3.8, 4) is 0 Å². The van der Waals surface area contributed by atoms with E-state index < -0.39 is 26.9 Å². The number of alkyl halides is 3. The van der Waals surface area contributed by atoms with Gasteiger partial charge in [-0.05, 0) is 66.3 Å². The standard InChI is InChI=1S/C30H45F2IN6O4/c1-19(40)38-10-6-24(37-21-7-11-43-12-8-21)23(16-38)30(33,35)39-9-4-5-20-14-29(3,22(27(31)32)13-25(20)39)28(2,17-34)18-36-15-26(41)42/h13,17,21,27,34,36-37H,4-12,14-16,18,35H2,1-3H3,(H,41,42). The van der Waals surface area contributed by atoms with Gasteiger partial charge in [0.25, 0.3) is 6.43 Å². The minimum atomic E-state index is -2.78. The van der Waals surface area contributed by atoms with Crippen LogP contribution in [-0.2, 0) is 14.3 Å². The van der Waals surface area contributed by atoms with Crippen molar-refractivity contribution in [2.75, 3.05) is 45.9 Å². The van der Waals surface area contributed by atoms with Crippen molar-refractivity contribution < 1.29 is 28.2 Å². The van der Waals surface area contributed by atoms with E-state index in [9.17, 15) is 18.4 Å². The molecule has 0 radical (unpaired) electrons. The number of ether oxygens (including phenoxy) is 1. The van der Waals surface area contributed by atoms with Gasteiger partial charge in [0.05, 0.1) is 6.54 Å². The summed E-state index contributed by atoms with van der Waals surface area (Å²) in [4.78, 5) is 27.4. The molecular formula is C30H45F2IN6O4. The lowest BCUT2D eigenvalue weighted by molar-refractivity contribution is -0.136. The Morgan fingerprint density at radius 3 is 2.63 bits per heavy atom. The molecule has 3 heterocycles. The fourth-order valence-corrected chi connectivity index (χ4v) is 7.85. The molecule has 43 heavy (non-hydrogen) atoms. The Balaban J connectivity index is 1.73. The van der Waals surface area contributed by atoms with E-state index in [4.69, 9.17) is 21.0 Å². The zero-order valence-corrected chi connectivity index (χ0v) is 27.4. The molecule has 1 aliphatic carbocycles. The van der Waals surface area contributed by atoms with Gasteiger partial charge in [-0.25, -0.2) is 8.78 Å². The molecule has 0 spiro atoms. The molecule has 6 N–H and O–H groups in total. The number of allylic oxidation sites excluding steroid dienone is 3. The van der Waals surface area contributed by atoms with Crippen LogP contribution in [0.1, 0.15) is 59.3 Å². The van der Waals surface area contributed by atoms with Crippen LogP contribution in [0, 0.1) is 16.2 Å². The number of nitrogens with zero attached hydrogens (tertiary/aromatic N) is 2. The van der Waals surface area contributed by atoms with Crippen molar-refractivity contribution in [3.05, 3.63) is 34.2 Å². The van der Waals surface area contributed by atoms with Crippen molar-refractivity contribution in [3.63, 3.8) is 0 Å². The number of rotatable bonds is 11. The highest BCUT2D eigenvalue weighted by Gasteiger charge is 2.52. The maximum Gasteiger partial charge on any atom is 0.317 e. The summed E-state index contributed by atoms with van der Waals surface area (Å²) in [6, 6.07) is 0.236. The molecule has 0 aromatic rings. The van der Waals surface area contributed by atoms with Crippen LogP contribution in [0.2, 0.25) is 0 Å². The predicted molar refractivity (Wildman–Crippen MR) is 169 cm³/mol.